The average Bonchev–Trinajstić information content (AvgIpc) is 2.83. The number of aromatic nitrogens is 2. The van der Waals surface area contributed by atoms with Crippen LogP contribution in [0.25, 0.3) is 0 Å². The highest BCUT2D eigenvalue weighted by Gasteiger charge is 2.33. The van der Waals surface area contributed by atoms with Gasteiger partial charge in [0.1, 0.15) is 0 Å². The van der Waals surface area contributed by atoms with Crippen molar-refractivity contribution in [2.45, 2.75) is 12.6 Å². The van der Waals surface area contributed by atoms with E-state index in [1.165, 1.54) is 6.33 Å². The minimum absolute atomic E-state index is 0.222. The van der Waals surface area contributed by atoms with Crippen LogP contribution in [0, 0.1) is 10.1 Å². The van der Waals surface area contributed by atoms with Crippen molar-refractivity contribution < 1.29 is 10.0 Å². The van der Waals surface area contributed by atoms with Gasteiger partial charge in [0.15, 0.2) is 0 Å². The largest absolute Gasteiger partial charge is 0.408 e. The molecule has 20 heavy (non-hydrogen) atoms. The summed E-state index contributed by atoms with van der Waals surface area (Å²) in [4.78, 5) is 14.3. The van der Waals surface area contributed by atoms with Crippen LogP contribution in [0.1, 0.15) is 0 Å². The molecule has 1 unspecified atom stereocenters. The van der Waals surface area contributed by atoms with Crippen molar-refractivity contribution in [1.29, 1.82) is 0 Å². The standard InChI is InChI=1S/C12H13N5O3/c18-10-6-15-8-13-11(17(19)20)12(15)16(7-10)14-9-4-2-1-3-5-9/h1-5,8,10,14,18H,6-7H2. The number of hydrogen-bond donors (Lipinski definition) is 2. The SMILES string of the molecule is O=[N+]([O-])c1ncn2c1N(Nc1ccccc1)CC(O)C2. The first kappa shape index (κ1) is 12.4. The Kier molecular flexibility index (Phi) is 2.99. The van der Waals surface area contributed by atoms with Gasteiger partial charge in [-0.3, -0.25) is 15.0 Å². The number of para-hydroxylation sites is 1. The van der Waals surface area contributed by atoms with E-state index < -0.39 is 11.0 Å². The number of fused-ring (bicyclic) bond motifs is 1. The molecule has 8 heteroatoms. The van der Waals surface area contributed by atoms with Crippen molar-refractivity contribution in [1.82, 2.24) is 9.55 Å². The van der Waals surface area contributed by atoms with E-state index in [9.17, 15) is 15.2 Å². The average molecular weight is 275 g/mol. The number of hydrazine groups is 1. The highest BCUT2D eigenvalue weighted by Crippen LogP contribution is 2.30. The monoisotopic (exact) mass is 275 g/mol. The van der Waals surface area contributed by atoms with E-state index >= 15 is 0 Å². The highest BCUT2D eigenvalue weighted by molar-refractivity contribution is 5.60. The summed E-state index contributed by atoms with van der Waals surface area (Å²) in [6, 6.07) is 9.27. The molecule has 1 atom stereocenters. The van der Waals surface area contributed by atoms with Gasteiger partial charge in [0.25, 0.3) is 0 Å². The molecule has 0 radical (unpaired) electrons. The molecule has 2 N–H and O–H groups in total. The van der Waals surface area contributed by atoms with Crippen LogP contribution in [0.5, 0.6) is 0 Å². The second kappa shape index (κ2) is 4.82. The molecule has 8 nitrogen and oxygen atoms in total. The first-order valence-corrected chi connectivity index (χ1v) is 6.12. The number of β-amino-alcohol motifs (C(OH)–C–C–N with tert-alkyl or cyclic N) is 1. The zero-order valence-electron chi connectivity index (χ0n) is 10.5. The molecule has 0 saturated carbocycles. The molecule has 1 aromatic carbocycles. The second-order valence-corrected chi connectivity index (χ2v) is 4.54. The summed E-state index contributed by atoms with van der Waals surface area (Å²) in [5.41, 5.74) is 3.84. The molecule has 0 saturated heterocycles. The summed E-state index contributed by atoms with van der Waals surface area (Å²) in [6.07, 6.45) is 0.753. The predicted molar refractivity (Wildman–Crippen MR) is 72.3 cm³/mol. The third kappa shape index (κ3) is 2.16. The van der Waals surface area contributed by atoms with Crippen molar-refractivity contribution in [2.24, 2.45) is 0 Å². The van der Waals surface area contributed by atoms with Crippen LogP contribution in [-0.2, 0) is 6.54 Å². The van der Waals surface area contributed by atoms with Crippen molar-refractivity contribution in [3.05, 3.63) is 46.8 Å². The molecule has 0 amide bonds. The number of benzene rings is 1. The van der Waals surface area contributed by atoms with Gasteiger partial charge in [0, 0.05) is 0 Å². The molecule has 1 aliphatic rings. The lowest BCUT2D eigenvalue weighted by Gasteiger charge is -2.32. The Morgan fingerprint density at radius 3 is 2.80 bits per heavy atom. The van der Waals surface area contributed by atoms with Crippen LogP contribution in [0.15, 0.2) is 36.7 Å². The maximum Gasteiger partial charge on any atom is 0.408 e. The molecular weight excluding hydrogens is 262 g/mol. The maximum absolute atomic E-state index is 11.0. The van der Waals surface area contributed by atoms with E-state index in [1.807, 2.05) is 30.3 Å². The summed E-state index contributed by atoms with van der Waals surface area (Å²) in [6.45, 7) is 0.546. The van der Waals surface area contributed by atoms with Gasteiger partial charge in [0.2, 0.25) is 12.1 Å². The highest BCUT2D eigenvalue weighted by atomic mass is 16.6. The first-order valence-electron chi connectivity index (χ1n) is 6.12. The smallest absolute Gasteiger partial charge is 0.389 e. The Bertz CT molecular complexity index is 627. The fourth-order valence-electron chi connectivity index (χ4n) is 2.25. The van der Waals surface area contributed by atoms with Crippen LogP contribution in [0.2, 0.25) is 0 Å². The zero-order valence-corrected chi connectivity index (χ0v) is 10.5. The number of aliphatic hydroxyl groups is 1. The molecule has 0 aliphatic carbocycles. The third-order valence-electron chi connectivity index (χ3n) is 3.06. The fraction of sp³-hybridized carbons (Fsp3) is 0.250. The van der Waals surface area contributed by atoms with Crippen molar-refractivity contribution in [3.8, 4) is 0 Å². The molecule has 2 aromatic rings. The summed E-state index contributed by atoms with van der Waals surface area (Å²) in [7, 11) is 0. The number of imidazole rings is 1. The quantitative estimate of drug-likeness (QED) is 0.640. The predicted octanol–water partition coefficient (Wildman–Crippen LogP) is 0.999. The number of hydrogen-bond acceptors (Lipinski definition) is 6. The molecule has 2 heterocycles. The lowest BCUT2D eigenvalue weighted by Crippen LogP contribution is -2.44. The Labute approximate surface area is 114 Å². The summed E-state index contributed by atoms with van der Waals surface area (Å²) >= 11 is 0. The number of nitrogens with zero attached hydrogens (tertiary/aromatic N) is 4. The molecule has 0 fully saturated rings. The van der Waals surface area contributed by atoms with Gasteiger partial charge in [-0.2, -0.15) is 0 Å². The number of anilines is 2. The second-order valence-electron chi connectivity index (χ2n) is 4.54. The van der Waals surface area contributed by atoms with Crippen LogP contribution in [0.3, 0.4) is 0 Å². The zero-order chi connectivity index (χ0) is 14.1. The Morgan fingerprint density at radius 1 is 1.35 bits per heavy atom. The minimum Gasteiger partial charge on any atom is -0.389 e. The van der Waals surface area contributed by atoms with E-state index in [4.69, 9.17) is 0 Å². The molecule has 1 aromatic heterocycles. The normalized spacial score (nSPS) is 17.6. The molecule has 0 spiro atoms. The topological polar surface area (TPSA) is 96.5 Å². The lowest BCUT2D eigenvalue weighted by molar-refractivity contribution is -0.388. The summed E-state index contributed by atoms with van der Waals surface area (Å²) in [5, 5.41) is 22.4. The van der Waals surface area contributed by atoms with Gasteiger partial charge in [-0.15, -0.1) is 0 Å². The van der Waals surface area contributed by atoms with Crippen LogP contribution >= 0.6 is 0 Å². The van der Waals surface area contributed by atoms with E-state index in [0.717, 1.165) is 5.69 Å². The molecule has 104 valence electrons. The van der Waals surface area contributed by atoms with Crippen LogP contribution in [0.4, 0.5) is 17.3 Å². The van der Waals surface area contributed by atoms with Crippen LogP contribution < -0.4 is 10.4 Å². The fourth-order valence-corrected chi connectivity index (χ4v) is 2.25. The number of nitro groups is 1. The number of aliphatic hydroxyl groups excluding tert-OH is 1. The molecule has 1 aliphatic heterocycles. The lowest BCUT2D eigenvalue weighted by atomic mass is 10.3. The van der Waals surface area contributed by atoms with Gasteiger partial charge in [-0.1, -0.05) is 18.2 Å². The first-order chi connectivity index (χ1) is 9.65. The minimum atomic E-state index is -0.618. The Morgan fingerprint density at radius 2 is 2.10 bits per heavy atom. The van der Waals surface area contributed by atoms with Gasteiger partial charge in [-0.25, -0.2) is 0 Å². The molecular formula is C12H13N5O3. The van der Waals surface area contributed by atoms with E-state index in [2.05, 4.69) is 10.4 Å². The van der Waals surface area contributed by atoms with Gasteiger partial charge < -0.3 is 15.2 Å². The number of nitrogens with one attached hydrogen (secondary N) is 1. The maximum atomic E-state index is 11.0. The van der Waals surface area contributed by atoms with Gasteiger partial charge in [0.05, 0.1) is 24.9 Å². The van der Waals surface area contributed by atoms with Gasteiger partial charge in [-0.05, 0) is 22.0 Å². The van der Waals surface area contributed by atoms with Crippen molar-refractivity contribution in [2.75, 3.05) is 17.0 Å². The molecule has 3 rings (SSSR count). The Hall–Kier alpha value is -2.61. The van der Waals surface area contributed by atoms with Gasteiger partial charge >= 0.3 is 5.82 Å². The summed E-state index contributed by atoms with van der Waals surface area (Å²) in [5.74, 6) is 0.129. The number of rotatable bonds is 3. The van der Waals surface area contributed by atoms with Crippen molar-refractivity contribution >= 4 is 17.3 Å². The van der Waals surface area contributed by atoms with E-state index in [-0.39, 0.29) is 12.4 Å². The third-order valence-corrected chi connectivity index (χ3v) is 3.06. The molecule has 0 bridgehead atoms. The van der Waals surface area contributed by atoms with E-state index in [1.54, 1.807) is 9.58 Å². The van der Waals surface area contributed by atoms with E-state index in [0.29, 0.717) is 12.4 Å². The van der Waals surface area contributed by atoms with Crippen molar-refractivity contribution in [3.63, 3.8) is 0 Å². The van der Waals surface area contributed by atoms with Crippen LogP contribution in [-0.4, -0.2) is 32.2 Å². The summed E-state index contributed by atoms with van der Waals surface area (Å²) < 4.78 is 1.57. The Balaban J connectivity index is 1.96.